The molecule has 40 heavy (non-hydrogen) atoms. The van der Waals surface area contributed by atoms with E-state index in [0.29, 0.717) is 22.4 Å². The number of nitrogens with zero attached hydrogens (tertiary/aromatic N) is 1. The molecule has 1 heterocycles. The van der Waals surface area contributed by atoms with Gasteiger partial charge in [-0.3, -0.25) is 14.4 Å². The SMILES string of the molecule is COc1ccc(C(=O)[C@H](OC(=O)c2ccc(C)c(N3C(=O)c4cc(Cl)c(Cl)cc4C3=O)c2)c2ccccc2)cc1. The van der Waals surface area contributed by atoms with Gasteiger partial charge in [0.2, 0.25) is 5.78 Å². The van der Waals surface area contributed by atoms with Crippen molar-refractivity contribution in [1.82, 2.24) is 0 Å². The van der Waals surface area contributed by atoms with Crippen molar-refractivity contribution < 1.29 is 28.7 Å². The molecule has 4 aromatic rings. The average molecular weight is 574 g/mol. The first-order chi connectivity index (χ1) is 19.2. The second-order valence-corrected chi connectivity index (χ2v) is 9.86. The smallest absolute Gasteiger partial charge is 0.339 e. The number of aryl methyl sites for hydroxylation is 1. The molecule has 0 saturated heterocycles. The van der Waals surface area contributed by atoms with Gasteiger partial charge in [0.05, 0.1) is 39.5 Å². The summed E-state index contributed by atoms with van der Waals surface area (Å²) < 4.78 is 10.9. The number of halogens is 2. The second-order valence-electron chi connectivity index (χ2n) is 9.05. The Labute approximate surface area is 239 Å². The minimum absolute atomic E-state index is 0.0525. The molecule has 0 aromatic heterocycles. The molecule has 1 aliphatic rings. The largest absolute Gasteiger partial charge is 0.497 e. The summed E-state index contributed by atoms with van der Waals surface area (Å²) >= 11 is 12.1. The van der Waals surface area contributed by atoms with Gasteiger partial charge in [-0.25, -0.2) is 9.69 Å². The van der Waals surface area contributed by atoms with Gasteiger partial charge in [0.25, 0.3) is 11.8 Å². The predicted molar refractivity (Wildman–Crippen MR) is 151 cm³/mol. The van der Waals surface area contributed by atoms with Crippen molar-refractivity contribution in [3.63, 3.8) is 0 Å². The number of Topliss-reactive ketones (excluding diaryl/α,β-unsaturated/α-hetero) is 1. The number of fused-ring (bicyclic) bond motifs is 1. The summed E-state index contributed by atoms with van der Waals surface area (Å²) in [6.45, 7) is 1.70. The van der Waals surface area contributed by atoms with E-state index in [-0.39, 0.29) is 32.4 Å². The van der Waals surface area contributed by atoms with Crippen LogP contribution in [0.2, 0.25) is 10.0 Å². The molecule has 200 valence electrons. The zero-order chi connectivity index (χ0) is 28.6. The molecule has 0 N–H and O–H groups in total. The van der Waals surface area contributed by atoms with Crippen LogP contribution in [0.5, 0.6) is 5.75 Å². The molecule has 0 bridgehead atoms. The van der Waals surface area contributed by atoms with Crippen molar-refractivity contribution in [3.05, 3.63) is 128 Å². The Morgan fingerprint density at radius 2 is 1.35 bits per heavy atom. The third kappa shape index (κ3) is 4.97. The number of imide groups is 1. The van der Waals surface area contributed by atoms with Crippen LogP contribution >= 0.6 is 23.2 Å². The summed E-state index contributed by atoms with van der Waals surface area (Å²) in [5.41, 5.74) is 1.86. The van der Waals surface area contributed by atoms with Crippen molar-refractivity contribution in [2.75, 3.05) is 12.0 Å². The predicted octanol–water partition coefficient (Wildman–Crippen LogP) is 6.89. The van der Waals surface area contributed by atoms with Crippen LogP contribution in [0.15, 0.2) is 84.9 Å². The van der Waals surface area contributed by atoms with Crippen molar-refractivity contribution in [3.8, 4) is 5.75 Å². The van der Waals surface area contributed by atoms with E-state index >= 15 is 0 Å². The number of carbonyl (C=O) groups excluding carboxylic acids is 4. The highest BCUT2D eigenvalue weighted by atomic mass is 35.5. The number of anilines is 1. The number of methoxy groups -OCH3 is 1. The van der Waals surface area contributed by atoms with Crippen LogP contribution in [-0.4, -0.2) is 30.7 Å². The van der Waals surface area contributed by atoms with E-state index in [0.717, 1.165) is 4.90 Å². The van der Waals surface area contributed by atoms with E-state index in [1.165, 1.54) is 31.4 Å². The van der Waals surface area contributed by atoms with E-state index < -0.39 is 29.7 Å². The summed E-state index contributed by atoms with van der Waals surface area (Å²) in [7, 11) is 1.52. The number of esters is 1. The molecule has 0 radical (unpaired) electrons. The third-order valence-electron chi connectivity index (χ3n) is 6.55. The molecule has 4 aromatic carbocycles. The van der Waals surface area contributed by atoms with Crippen LogP contribution < -0.4 is 9.64 Å². The summed E-state index contributed by atoms with van der Waals surface area (Å²) in [4.78, 5) is 54.2. The molecule has 7 nitrogen and oxygen atoms in total. The number of benzene rings is 4. The number of hydrogen-bond acceptors (Lipinski definition) is 6. The lowest BCUT2D eigenvalue weighted by Gasteiger charge is -2.20. The maximum absolute atomic E-state index is 13.5. The molecule has 1 atom stereocenters. The van der Waals surface area contributed by atoms with Gasteiger partial charge in [-0.05, 0) is 61.0 Å². The van der Waals surface area contributed by atoms with E-state index in [9.17, 15) is 19.2 Å². The zero-order valence-corrected chi connectivity index (χ0v) is 22.8. The Morgan fingerprint density at radius 1 is 0.775 bits per heavy atom. The Balaban J connectivity index is 1.47. The van der Waals surface area contributed by atoms with E-state index in [2.05, 4.69) is 0 Å². The summed E-state index contributed by atoms with van der Waals surface area (Å²) in [5.74, 6) is -1.84. The van der Waals surface area contributed by atoms with Crippen LogP contribution in [0.4, 0.5) is 5.69 Å². The van der Waals surface area contributed by atoms with Crippen molar-refractivity contribution in [2.24, 2.45) is 0 Å². The first kappa shape index (κ1) is 27.1. The molecule has 0 fully saturated rings. The quantitative estimate of drug-likeness (QED) is 0.136. The summed E-state index contributed by atoms with van der Waals surface area (Å²) in [6, 6.07) is 22.3. The van der Waals surface area contributed by atoms with Crippen molar-refractivity contribution in [2.45, 2.75) is 13.0 Å². The van der Waals surface area contributed by atoms with Gasteiger partial charge in [0, 0.05) is 11.1 Å². The molecular weight excluding hydrogens is 553 g/mol. The standard InChI is InChI=1S/C31H21Cl2NO6/c1-17-8-9-20(14-26(17)34-29(36)22-15-24(32)25(33)16-23(22)30(34)37)31(38)40-28(19-6-4-3-5-7-19)27(35)18-10-12-21(39-2)13-11-18/h3-16,28H,1-2H3/t28-/m1/s1. The molecule has 0 unspecified atom stereocenters. The number of rotatable bonds is 7. The Morgan fingerprint density at radius 3 is 1.93 bits per heavy atom. The first-order valence-corrected chi connectivity index (χ1v) is 12.9. The molecule has 1 aliphatic heterocycles. The minimum atomic E-state index is -1.24. The highest BCUT2D eigenvalue weighted by Gasteiger charge is 2.38. The fourth-order valence-electron chi connectivity index (χ4n) is 4.41. The zero-order valence-electron chi connectivity index (χ0n) is 21.3. The molecule has 2 amide bonds. The maximum atomic E-state index is 13.5. The van der Waals surface area contributed by atoms with E-state index in [1.807, 2.05) is 0 Å². The average Bonchev–Trinajstić information content (AvgIpc) is 3.20. The van der Waals surface area contributed by atoms with Gasteiger partial charge in [-0.1, -0.05) is 59.6 Å². The number of carbonyl (C=O) groups is 4. The van der Waals surface area contributed by atoms with Crippen LogP contribution in [-0.2, 0) is 4.74 Å². The van der Waals surface area contributed by atoms with Crippen LogP contribution in [0.3, 0.4) is 0 Å². The number of hydrogen-bond donors (Lipinski definition) is 0. The Bertz CT molecular complexity index is 1630. The highest BCUT2D eigenvalue weighted by Crippen LogP contribution is 2.36. The van der Waals surface area contributed by atoms with E-state index in [1.54, 1.807) is 67.6 Å². The minimum Gasteiger partial charge on any atom is -0.497 e. The van der Waals surface area contributed by atoms with Gasteiger partial charge in [0.15, 0.2) is 6.10 Å². The Hall–Kier alpha value is -4.46. The fraction of sp³-hybridized carbons (Fsp3) is 0.0968. The molecule has 0 aliphatic carbocycles. The van der Waals surface area contributed by atoms with Gasteiger partial charge < -0.3 is 9.47 Å². The summed E-state index contributed by atoms with van der Waals surface area (Å²) in [5, 5.41) is 0.289. The molecule has 5 rings (SSSR count). The van der Waals surface area contributed by atoms with Gasteiger partial charge >= 0.3 is 5.97 Å². The molecular formula is C31H21Cl2NO6. The highest BCUT2D eigenvalue weighted by molar-refractivity contribution is 6.44. The van der Waals surface area contributed by atoms with Crippen LogP contribution in [0.1, 0.15) is 58.7 Å². The lowest BCUT2D eigenvalue weighted by molar-refractivity contribution is 0.0280. The Kier molecular flexibility index (Phi) is 7.43. The second kappa shape index (κ2) is 11.0. The van der Waals surface area contributed by atoms with Crippen molar-refractivity contribution >= 4 is 52.5 Å². The number of amides is 2. The lowest BCUT2D eigenvalue weighted by atomic mass is 9.99. The van der Waals surface area contributed by atoms with Gasteiger partial charge in [-0.2, -0.15) is 0 Å². The third-order valence-corrected chi connectivity index (χ3v) is 7.28. The molecule has 9 heteroatoms. The normalized spacial score (nSPS) is 13.2. The van der Waals surface area contributed by atoms with Gasteiger partial charge in [0.1, 0.15) is 5.75 Å². The maximum Gasteiger partial charge on any atom is 0.339 e. The van der Waals surface area contributed by atoms with E-state index in [4.69, 9.17) is 32.7 Å². The number of ketones is 1. The van der Waals surface area contributed by atoms with Gasteiger partial charge in [-0.15, -0.1) is 0 Å². The fourth-order valence-corrected chi connectivity index (χ4v) is 4.74. The topological polar surface area (TPSA) is 90.0 Å². The first-order valence-electron chi connectivity index (χ1n) is 12.1. The monoisotopic (exact) mass is 573 g/mol. The lowest BCUT2D eigenvalue weighted by Crippen LogP contribution is -2.30. The molecule has 0 spiro atoms. The number of ether oxygens (including phenoxy) is 2. The van der Waals surface area contributed by atoms with Crippen LogP contribution in [0.25, 0.3) is 0 Å². The summed E-state index contributed by atoms with van der Waals surface area (Å²) in [6.07, 6.45) is -1.24. The van der Waals surface area contributed by atoms with Crippen molar-refractivity contribution in [1.29, 1.82) is 0 Å². The van der Waals surface area contributed by atoms with Crippen LogP contribution in [0, 0.1) is 6.92 Å². The molecule has 0 saturated carbocycles.